The lowest BCUT2D eigenvalue weighted by Crippen LogP contribution is -1.84. The highest BCUT2D eigenvalue weighted by atomic mass is 16.4. The van der Waals surface area contributed by atoms with Crippen LogP contribution in [-0.4, -0.2) is 15.0 Å². The maximum absolute atomic E-state index is 5.12. The average molecular weight is 135 g/mol. The third-order valence-electron chi connectivity index (χ3n) is 1.20. The monoisotopic (exact) mass is 135 g/mol. The van der Waals surface area contributed by atoms with Gasteiger partial charge in [0, 0.05) is 6.92 Å². The molecule has 0 atom stereocenters. The first-order chi connectivity index (χ1) is 4.86. The Balaban J connectivity index is 2.75. The van der Waals surface area contributed by atoms with E-state index < -0.39 is 0 Å². The second-order valence-electron chi connectivity index (χ2n) is 1.94. The van der Waals surface area contributed by atoms with Gasteiger partial charge in [0.25, 0.3) is 0 Å². The van der Waals surface area contributed by atoms with Crippen LogP contribution < -0.4 is 0 Å². The molecule has 0 saturated carbocycles. The van der Waals surface area contributed by atoms with Gasteiger partial charge >= 0.3 is 0 Å². The van der Waals surface area contributed by atoms with E-state index >= 15 is 0 Å². The van der Waals surface area contributed by atoms with E-state index in [0.29, 0.717) is 17.5 Å². The van der Waals surface area contributed by atoms with E-state index in [1.807, 2.05) is 0 Å². The number of aryl methyl sites for hydroxylation is 1. The zero-order chi connectivity index (χ0) is 6.97. The predicted molar refractivity (Wildman–Crippen MR) is 33.5 cm³/mol. The fourth-order valence-electron chi connectivity index (χ4n) is 0.750. The van der Waals surface area contributed by atoms with E-state index in [1.54, 1.807) is 13.1 Å². The van der Waals surface area contributed by atoms with Crippen LogP contribution in [0.25, 0.3) is 11.6 Å². The van der Waals surface area contributed by atoms with Gasteiger partial charge in [0.05, 0.1) is 6.20 Å². The number of hydrogen-bond acceptors (Lipinski definition) is 4. The number of nitrogens with zero attached hydrogens (tertiary/aromatic N) is 3. The lowest BCUT2D eigenvalue weighted by Gasteiger charge is -1.93. The van der Waals surface area contributed by atoms with E-state index in [9.17, 15) is 0 Å². The minimum atomic E-state index is 0.549. The van der Waals surface area contributed by atoms with Gasteiger partial charge < -0.3 is 4.42 Å². The molecule has 0 spiro atoms. The van der Waals surface area contributed by atoms with Crippen molar-refractivity contribution < 1.29 is 4.42 Å². The normalized spacial score (nSPS) is 10.5. The Labute approximate surface area is 57.3 Å². The van der Waals surface area contributed by atoms with Crippen LogP contribution in [0.1, 0.15) is 5.89 Å². The minimum Gasteiger partial charge on any atom is -0.423 e. The van der Waals surface area contributed by atoms with Crippen molar-refractivity contribution >= 4 is 0 Å². The van der Waals surface area contributed by atoms with Gasteiger partial charge in [-0.25, -0.2) is 9.97 Å². The van der Waals surface area contributed by atoms with Crippen molar-refractivity contribution in [1.82, 2.24) is 15.0 Å². The standard InChI is InChI=1S/C6H5N3O/c1-4-7-2-5-6(10-4)9-3-8-5/h2-3H,1H3. The highest BCUT2D eigenvalue weighted by molar-refractivity contribution is 5.44. The topological polar surface area (TPSA) is 51.8 Å². The van der Waals surface area contributed by atoms with Crippen molar-refractivity contribution in [1.29, 1.82) is 0 Å². The van der Waals surface area contributed by atoms with Crippen LogP contribution in [0.15, 0.2) is 16.9 Å². The number of rotatable bonds is 0. The molecule has 4 nitrogen and oxygen atoms in total. The molecule has 2 aliphatic rings. The molecule has 2 rings (SSSR count). The van der Waals surface area contributed by atoms with Gasteiger partial charge in [-0.2, -0.15) is 4.98 Å². The van der Waals surface area contributed by atoms with Crippen molar-refractivity contribution in [2.45, 2.75) is 6.92 Å². The number of fused-ring (bicyclic) bond motifs is 1. The molecule has 0 N–H and O–H groups in total. The van der Waals surface area contributed by atoms with E-state index in [1.165, 1.54) is 6.33 Å². The molecule has 2 aliphatic heterocycles. The van der Waals surface area contributed by atoms with E-state index in [-0.39, 0.29) is 0 Å². The average Bonchev–Trinajstić information content (AvgIpc) is 2.33. The summed E-state index contributed by atoms with van der Waals surface area (Å²) < 4.78 is 5.12. The van der Waals surface area contributed by atoms with E-state index in [4.69, 9.17) is 4.42 Å². The van der Waals surface area contributed by atoms with Crippen LogP contribution >= 0.6 is 0 Å². The van der Waals surface area contributed by atoms with Crippen LogP contribution in [0.4, 0.5) is 0 Å². The quantitative estimate of drug-likeness (QED) is 0.538. The lowest BCUT2D eigenvalue weighted by molar-refractivity contribution is 0.492. The van der Waals surface area contributed by atoms with Crippen molar-refractivity contribution in [3.05, 3.63) is 18.4 Å². The molecule has 50 valence electrons. The second-order valence-corrected chi connectivity index (χ2v) is 1.94. The van der Waals surface area contributed by atoms with Gasteiger partial charge in [-0.3, -0.25) is 0 Å². The molecule has 0 radical (unpaired) electrons. The minimum absolute atomic E-state index is 0.549. The van der Waals surface area contributed by atoms with E-state index in [0.717, 1.165) is 0 Å². The summed E-state index contributed by atoms with van der Waals surface area (Å²) in [6, 6.07) is 0. The number of aromatic nitrogens is 3. The molecule has 0 aromatic carbocycles. The fraction of sp³-hybridized carbons (Fsp3) is 0.167. The van der Waals surface area contributed by atoms with Crippen LogP contribution in [0.3, 0.4) is 0 Å². The maximum atomic E-state index is 5.12. The summed E-state index contributed by atoms with van der Waals surface area (Å²) >= 11 is 0. The van der Waals surface area contributed by atoms with Gasteiger partial charge in [-0.15, -0.1) is 0 Å². The maximum Gasteiger partial charge on any atom is 0.249 e. The van der Waals surface area contributed by atoms with Crippen LogP contribution in [0.2, 0.25) is 0 Å². The SMILES string of the molecule is Cc1ncc2ncnc-2o1. The van der Waals surface area contributed by atoms with Crippen molar-refractivity contribution in [2.75, 3.05) is 0 Å². The predicted octanol–water partition coefficient (Wildman–Crippen LogP) is 0.878. The van der Waals surface area contributed by atoms with Crippen LogP contribution in [0, 0.1) is 6.92 Å². The summed E-state index contributed by atoms with van der Waals surface area (Å²) in [6.45, 7) is 1.77. The number of imidazole rings is 1. The summed E-state index contributed by atoms with van der Waals surface area (Å²) in [7, 11) is 0. The third-order valence-corrected chi connectivity index (χ3v) is 1.20. The number of hydrogen-bond donors (Lipinski definition) is 0. The highest BCUT2D eigenvalue weighted by Gasteiger charge is 2.06. The second kappa shape index (κ2) is 1.76. The molecule has 0 amide bonds. The Morgan fingerprint density at radius 2 is 2.20 bits per heavy atom. The summed E-state index contributed by atoms with van der Waals surface area (Å²) in [5.74, 6) is 1.15. The third kappa shape index (κ3) is 0.655. The molecular weight excluding hydrogens is 130 g/mol. The molecule has 2 heterocycles. The van der Waals surface area contributed by atoms with Gasteiger partial charge in [0.1, 0.15) is 12.0 Å². The first-order valence-electron chi connectivity index (χ1n) is 2.89. The first kappa shape index (κ1) is 5.34. The summed E-state index contributed by atoms with van der Waals surface area (Å²) in [4.78, 5) is 11.7. The molecule has 0 aromatic heterocycles. The Kier molecular flexibility index (Phi) is 0.943. The summed E-state index contributed by atoms with van der Waals surface area (Å²) in [6.07, 6.45) is 3.09. The van der Waals surface area contributed by atoms with Crippen LogP contribution in [-0.2, 0) is 0 Å². The van der Waals surface area contributed by atoms with Gasteiger partial charge in [-0.05, 0) is 0 Å². The molecular formula is C6H5N3O. The van der Waals surface area contributed by atoms with Gasteiger partial charge in [-0.1, -0.05) is 0 Å². The van der Waals surface area contributed by atoms with Gasteiger partial charge in [0.2, 0.25) is 5.89 Å². The largest absolute Gasteiger partial charge is 0.423 e. The molecule has 10 heavy (non-hydrogen) atoms. The Bertz CT molecular complexity index is 317. The fourth-order valence-corrected chi connectivity index (χ4v) is 0.750. The zero-order valence-corrected chi connectivity index (χ0v) is 5.40. The van der Waals surface area contributed by atoms with Crippen molar-refractivity contribution in [3.8, 4) is 11.6 Å². The first-order valence-corrected chi connectivity index (χ1v) is 2.89. The molecule has 0 aliphatic carbocycles. The zero-order valence-electron chi connectivity index (χ0n) is 5.40. The Morgan fingerprint density at radius 1 is 1.30 bits per heavy atom. The smallest absolute Gasteiger partial charge is 0.249 e. The Morgan fingerprint density at radius 3 is 3.10 bits per heavy atom. The lowest BCUT2D eigenvalue weighted by atomic mass is 10.5. The Hall–Kier alpha value is -1.45. The molecule has 0 bridgehead atoms. The molecule has 0 unspecified atom stereocenters. The molecule has 0 saturated heterocycles. The van der Waals surface area contributed by atoms with Crippen molar-refractivity contribution in [3.63, 3.8) is 0 Å². The molecule has 4 heteroatoms. The summed E-state index contributed by atoms with van der Waals surface area (Å²) in [5.41, 5.74) is 0.700. The highest BCUT2D eigenvalue weighted by Crippen LogP contribution is 2.14. The molecule has 0 aromatic rings. The van der Waals surface area contributed by atoms with E-state index in [2.05, 4.69) is 15.0 Å². The van der Waals surface area contributed by atoms with Crippen LogP contribution in [0.5, 0.6) is 0 Å². The van der Waals surface area contributed by atoms with Crippen molar-refractivity contribution in [2.24, 2.45) is 0 Å². The van der Waals surface area contributed by atoms with Gasteiger partial charge in [0.15, 0.2) is 5.89 Å². The summed E-state index contributed by atoms with van der Waals surface area (Å²) in [5, 5.41) is 0. The molecule has 0 fully saturated rings.